The van der Waals surface area contributed by atoms with Gasteiger partial charge in [-0.1, -0.05) is 63.9 Å². The molecule has 1 aliphatic heterocycles. The van der Waals surface area contributed by atoms with Gasteiger partial charge in [0.25, 0.3) is 0 Å². The van der Waals surface area contributed by atoms with E-state index in [1.54, 1.807) is 11.9 Å². The number of carbonyl (C=O) groups excluding carboxylic acids is 2. The van der Waals surface area contributed by atoms with E-state index in [4.69, 9.17) is 11.2 Å². The number of nitrogens with zero attached hydrogens (tertiary/aromatic N) is 1. The quantitative estimate of drug-likeness (QED) is 0.367. The standard InChI is InChI=1S/C27H39NO3/c1-6-7-9-14-24-18-21(3)16-15-20(2)17-22(4)26(29)28(5)25(27(30)31-24)19-23-12-10-8-11-13-23/h1,8,10-13,20-22,24-25H,7,9,14-19H2,2-5H3/t20-,21?,22-,24?,25?/m0/s1. The van der Waals surface area contributed by atoms with Crippen molar-refractivity contribution in [2.75, 3.05) is 7.05 Å². The Balaban J connectivity index is 2.29. The summed E-state index contributed by atoms with van der Waals surface area (Å²) in [4.78, 5) is 28.1. The molecule has 0 N–H and O–H groups in total. The van der Waals surface area contributed by atoms with Crippen molar-refractivity contribution < 1.29 is 14.3 Å². The summed E-state index contributed by atoms with van der Waals surface area (Å²) in [6.45, 7) is 6.44. The third kappa shape index (κ3) is 8.05. The molecule has 31 heavy (non-hydrogen) atoms. The third-order valence-electron chi connectivity index (χ3n) is 6.48. The third-order valence-corrected chi connectivity index (χ3v) is 6.48. The molecule has 0 radical (unpaired) electrons. The molecule has 3 unspecified atom stereocenters. The monoisotopic (exact) mass is 425 g/mol. The first-order valence-electron chi connectivity index (χ1n) is 11.8. The Bertz CT molecular complexity index is 739. The number of amides is 1. The van der Waals surface area contributed by atoms with Crippen molar-refractivity contribution in [1.82, 2.24) is 4.90 Å². The number of likely N-dealkylation sites (N-methyl/N-ethyl adjacent to an activating group) is 1. The molecule has 1 amide bonds. The number of terminal acetylenes is 1. The predicted octanol–water partition coefficient (Wildman–Crippen LogP) is 5.25. The Labute approximate surface area is 188 Å². The molecule has 0 aliphatic carbocycles. The van der Waals surface area contributed by atoms with E-state index in [2.05, 4.69) is 19.8 Å². The number of benzene rings is 1. The molecule has 170 valence electrons. The molecule has 4 nitrogen and oxygen atoms in total. The maximum atomic E-state index is 13.3. The fourth-order valence-corrected chi connectivity index (χ4v) is 4.57. The summed E-state index contributed by atoms with van der Waals surface area (Å²) < 4.78 is 6.05. The number of ether oxygens (including phenoxy) is 1. The highest BCUT2D eigenvalue weighted by Gasteiger charge is 2.33. The Hall–Kier alpha value is -2.28. The first kappa shape index (κ1) is 25.0. The lowest BCUT2D eigenvalue weighted by molar-refractivity contribution is -0.160. The van der Waals surface area contributed by atoms with Crippen molar-refractivity contribution in [2.24, 2.45) is 17.8 Å². The van der Waals surface area contributed by atoms with Crippen LogP contribution in [0.5, 0.6) is 0 Å². The van der Waals surface area contributed by atoms with Gasteiger partial charge in [-0.25, -0.2) is 4.79 Å². The van der Waals surface area contributed by atoms with Crippen molar-refractivity contribution in [3.8, 4) is 12.3 Å². The molecule has 5 atom stereocenters. The normalized spacial score (nSPS) is 28.6. The maximum absolute atomic E-state index is 13.3. The van der Waals surface area contributed by atoms with Gasteiger partial charge in [-0.15, -0.1) is 12.3 Å². The minimum Gasteiger partial charge on any atom is -0.461 e. The first-order chi connectivity index (χ1) is 14.8. The molecule has 1 aromatic carbocycles. The van der Waals surface area contributed by atoms with E-state index < -0.39 is 6.04 Å². The molecule has 0 saturated carbocycles. The van der Waals surface area contributed by atoms with E-state index in [-0.39, 0.29) is 23.9 Å². The smallest absolute Gasteiger partial charge is 0.329 e. The van der Waals surface area contributed by atoms with Crippen LogP contribution in [0.2, 0.25) is 0 Å². The second kappa shape index (κ2) is 12.5. The Morgan fingerprint density at radius 1 is 1.06 bits per heavy atom. The van der Waals surface area contributed by atoms with E-state index in [9.17, 15) is 9.59 Å². The van der Waals surface area contributed by atoms with Gasteiger partial charge in [-0.3, -0.25) is 4.79 Å². The highest BCUT2D eigenvalue weighted by molar-refractivity contribution is 5.85. The average molecular weight is 426 g/mol. The van der Waals surface area contributed by atoms with E-state index >= 15 is 0 Å². The van der Waals surface area contributed by atoms with Gasteiger partial charge in [0.2, 0.25) is 5.91 Å². The molecule has 1 aromatic rings. The van der Waals surface area contributed by atoms with Gasteiger partial charge in [0, 0.05) is 25.8 Å². The van der Waals surface area contributed by atoms with Gasteiger partial charge in [-0.2, -0.15) is 0 Å². The summed E-state index contributed by atoms with van der Waals surface area (Å²) in [5, 5.41) is 0. The number of hydrogen-bond acceptors (Lipinski definition) is 3. The topological polar surface area (TPSA) is 46.6 Å². The van der Waals surface area contributed by atoms with Crippen LogP contribution in [-0.2, 0) is 20.7 Å². The number of cyclic esters (lactones) is 1. The minimum absolute atomic E-state index is 0.0147. The highest BCUT2D eigenvalue weighted by Crippen LogP contribution is 2.27. The molecule has 1 aliphatic rings. The maximum Gasteiger partial charge on any atom is 0.329 e. The number of esters is 1. The number of carbonyl (C=O) groups is 2. The zero-order valence-electron chi connectivity index (χ0n) is 19.7. The fourth-order valence-electron chi connectivity index (χ4n) is 4.57. The minimum atomic E-state index is -0.626. The van der Waals surface area contributed by atoms with Crippen LogP contribution in [0, 0.1) is 30.1 Å². The molecule has 4 heteroatoms. The van der Waals surface area contributed by atoms with Gasteiger partial charge >= 0.3 is 5.97 Å². The highest BCUT2D eigenvalue weighted by atomic mass is 16.5. The Morgan fingerprint density at radius 2 is 1.71 bits per heavy atom. The Morgan fingerprint density at radius 3 is 2.35 bits per heavy atom. The van der Waals surface area contributed by atoms with Crippen LogP contribution in [0.25, 0.3) is 0 Å². The largest absolute Gasteiger partial charge is 0.461 e. The summed E-state index contributed by atoms with van der Waals surface area (Å²) in [6, 6.07) is 9.22. The van der Waals surface area contributed by atoms with E-state index in [0.717, 1.165) is 44.1 Å². The zero-order valence-corrected chi connectivity index (χ0v) is 19.7. The molecule has 0 aromatic heterocycles. The van der Waals surface area contributed by atoms with E-state index in [0.29, 0.717) is 24.7 Å². The first-order valence-corrected chi connectivity index (χ1v) is 11.8. The average Bonchev–Trinajstić information content (AvgIpc) is 2.75. The molecular weight excluding hydrogens is 386 g/mol. The van der Waals surface area contributed by atoms with Crippen molar-refractivity contribution in [2.45, 2.75) is 84.3 Å². The molecule has 0 bridgehead atoms. The lowest BCUT2D eigenvalue weighted by Gasteiger charge is -2.31. The van der Waals surface area contributed by atoms with Crippen LogP contribution in [0.1, 0.15) is 71.3 Å². The number of rotatable bonds is 5. The summed E-state index contributed by atoms with van der Waals surface area (Å²) in [5.74, 6) is 3.20. The van der Waals surface area contributed by atoms with Gasteiger partial charge in [0.15, 0.2) is 0 Å². The zero-order chi connectivity index (χ0) is 22.8. The van der Waals surface area contributed by atoms with Crippen LogP contribution in [-0.4, -0.2) is 36.0 Å². The number of hydrogen-bond donors (Lipinski definition) is 0. The fraction of sp³-hybridized carbons (Fsp3) is 0.630. The summed E-state index contributed by atoms with van der Waals surface area (Å²) in [5.41, 5.74) is 1.02. The van der Waals surface area contributed by atoms with Gasteiger partial charge in [0.1, 0.15) is 12.1 Å². The lowest BCUT2D eigenvalue weighted by Crippen LogP contribution is -2.47. The number of unbranched alkanes of at least 4 members (excludes halogenated alkanes) is 1. The predicted molar refractivity (Wildman–Crippen MR) is 125 cm³/mol. The van der Waals surface area contributed by atoms with Gasteiger partial charge in [0.05, 0.1) is 0 Å². The van der Waals surface area contributed by atoms with Crippen LogP contribution in [0.3, 0.4) is 0 Å². The molecule has 2 rings (SSSR count). The van der Waals surface area contributed by atoms with E-state index in [1.165, 1.54) is 0 Å². The second-order valence-corrected chi connectivity index (χ2v) is 9.47. The van der Waals surface area contributed by atoms with Crippen LogP contribution >= 0.6 is 0 Å². The summed E-state index contributed by atoms with van der Waals surface area (Å²) >= 11 is 0. The van der Waals surface area contributed by atoms with Gasteiger partial charge in [-0.05, 0) is 43.1 Å². The molecule has 0 spiro atoms. The van der Waals surface area contributed by atoms with Crippen LogP contribution in [0.4, 0.5) is 0 Å². The lowest BCUT2D eigenvalue weighted by atomic mass is 9.88. The van der Waals surface area contributed by atoms with Crippen LogP contribution in [0.15, 0.2) is 30.3 Å². The second-order valence-electron chi connectivity index (χ2n) is 9.47. The Kier molecular flexibility index (Phi) is 10.1. The van der Waals surface area contributed by atoms with E-state index in [1.807, 2.05) is 37.3 Å². The molecule has 1 heterocycles. The van der Waals surface area contributed by atoms with Crippen molar-refractivity contribution >= 4 is 11.9 Å². The van der Waals surface area contributed by atoms with Gasteiger partial charge < -0.3 is 9.64 Å². The summed E-state index contributed by atoms with van der Waals surface area (Å²) in [6.07, 6.45) is 11.9. The molecular formula is C27H39NO3. The molecule has 1 saturated heterocycles. The van der Waals surface area contributed by atoms with Crippen molar-refractivity contribution in [3.05, 3.63) is 35.9 Å². The van der Waals surface area contributed by atoms with Crippen LogP contribution < -0.4 is 0 Å². The molecule has 1 fully saturated rings. The van der Waals surface area contributed by atoms with Crippen molar-refractivity contribution in [3.63, 3.8) is 0 Å². The van der Waals surface area contributed by atoms with Crippen molar-refractivity contribution in [1.29, 1.82) is 0 Å². The summed E-state index contributed by atoms with van der Waals surface area (Å²) in [7, 11) is 1.74. The SMILES string of the molecule is C#CCCCC1CC(C)CC[C@H](C)C[C@H](C)C(=O)N(C)C(Cc2ccccc2)C(=O)O1.